The lowest BCUT2D eigenvalue weighted by atomic mass is 10.2. The monoisotopic (exact) mass is 611 g/mol. The Balaban J connectivity index is 1.28. The molecule has 0 aliphatic carbocycles. The molecule has 1 aliphatic rings. The Morgan fingerprint density at radius 2 is 1.80 bits per heavy atom. The molecule has 3 N–H and O–H groups in total. The molecule has 0 aromatic carbocycles. The molecule has 41 heavy (non-hydrogen) atoms. The van der Waals surface area contributed by atoms with E-state index in [-0.39, 0.29) is 16.4 Å². The van der Waals surface area contributed by atoms with Crippen molar-refractivity contribution in [2.45, 2.75) is 25.6 Å². The molecule has 0 saturated carbocycles. The Morgan fingerprint density at radius 1 is 1.05 bits per heavy atom. The number of pyridine rings is 1. The average molecular weight is 612 g/mol. The van der Waals surface area contributed by atoms with Gasteiger partial charge in [0.1, 0.15) is 33.5 Å². The molecule has 220 valence electrons. The number of aromatic nitrogens is 4. The molecule has 3 aromatic heterocycles. The van der Waals surface area contributed by atoms with Crippen LogP contribution in [0.15, 0.2) is 30.9 Å². The molecule has 0 spiro atoms. The summed E-state index contributed by atoms with van der Waals surface area (Å²) in [5.41, 5.74) is -0.947. The van der Waals surface area contributed by atoms with Crippen LogP contribution in [0.25, 0.3) is 0 Å². The second-order valence-corrected chi connectivity index (χ2v) is 10.9. The molecular formula is C25H29ClF3N9O2S. The van der Waals surface area contributed by atoms with Crippen molar-refractivity contribution < 1.29 is 22.8 Å². The third kappa shape index (κ3) is 8.55. The number of nitrogens with zero attached hydrogens (tertiary/aromatic N) is 6. The lowest BCUT2D eigenvalue weighted by molar-refractivity contribution is -0.137. The fourth-order valence-electron chi connectivity index (χ4n) is 4.00. The molecular weight excluding hydrogens is 583 g/mol. The molecule has 0 radical (unpaired) electrons. The van der Waals surface area contributed by atoms with Crippen LogP contribution in [-0.4, -0.2) is 87.9 Å². The number of carbonyl (C=O) groups is 2. The van der Waals surface area contributed by atoms with Crippen LogP contribution in [0.3, 0.4) is 0 Å². The molecule has 3 aromatic rings. The molecule has 4 heterocycles. The van der Waals surface area contributed by atoms with Gasteiger partial charge in [0, 0.05) is 45.0 Å². The maximum atomic E-state index is 13.1. The van der Waals surface area contributed by atoms with E-state index in [1.807, 2.05) is 0 Å². The van der Waals surface area contributed by atoms with Crippen LogP contribution in [-0.2, 0) is 6.18 Å². The van der Waals surface area contributed by atoms with Gasteiger partial charge in [0.2, 0.25) is 0 Å². The van der Waals surface area contributed by atoms with Gasteiger partial charge in [-0.1, -0.05) is 11.6 Å². The zero-order valence-electron chi connectivity index (χ0n) is 22.3. The zero-order valence-corrected chi connectivity index (χ0v) is 23.9. The van der Waals surface area contributed by atoms with Crippen LogP contribution in [0.1, 0.15) is 50.1 Å². The third-order valence-electron chi connectivity index (χ3n) is 6.32. The summed E-state index contributed by atoms with van der Waals surface area (Å²) in [6, 6.07) is 1.64. The first-order chi connectivity index (χ1) is 19.5. The Hall–Kier alpha value is -3.40. The van der Waals surface area contributed by atoms with Crippen molar-refractivity contribution in [2.24, 2.45) is 0 Å². The van der Waals surface area contributed by atoms with Crippen molar-refractivity contribution >= 4 is 46.4 Å². The van der Waals surface area contributed by atoms with Gasteiger partial charge in [-0.2, -0.15) is 13.2 Å². The molecule has 1 fully saturated rings. The fourth-order valence-corrected chi connectivity index (χ4v) is 5.02. The van der Waals surface area contributed by atoms with E-state index < -0.39 is 34.6 Å². The standard InChI is InChI=1S/C25H29ClF3N9O2S/c1-15(24-32-13-19(41-24)23(40)36-21-10-16(25(27,28)29)17(26)12-31-21)35-22(39)18-11-20(34-14-33-18)30-4-3-5-38-8-6-37(2)7-9-38/h10-15H,3-9H2,1-2H3,(H,35,39)(H,30,33,34)(H,31,36,40). The lowest BCUT2D eigenvalue weighted by Crippen LogP contribution is -2.44. The minimum absolute atomic E-state index is 0.122. The summed E-state index contributed by atoms with van der Waals surface area (Å²) in [5, 5.41) is 8.16. The Labute approximate surface area is 243 Å². The molecule has 4 rings (SSSR count). The average Bonchev–Trinajstić information content (AvgIpc) is 3.44. The molecule has 2 amide bonds. The highest BCUT2D eigenvalue weighted by molar-refractivity contribution is 7.13. The minimum atomic E-state index is -4.70. The summed E-state index contributed by atoms with van der Waals surface area (Å²) in [7, 11) is 2.12. The number of likely N-dealkylation sites (N-methyl/N-ethyl adjacent to an activating group) is 1. The van der Waals surface area contributed by atoms with Crippen LogP contribution in [0.4, 0.5) is 24.8 Å². The number of alkyl halides is 3. The van der Waals surface area contributed by atoms with Gasteiger partial charge in [-0.3, -0.25) is 9.59 Å². The maximum absolute atomic E-state index is 13.1. The van der Waals surface area contributed by atoms with E-state index in [1.165, 1.54) is 12.5 Å². The van der Waals surface area contributed by atoms with E-state index in [0.717, 1.165) is 56.7 Å². The summed E-state index contributed by atoms with van der Waals surface area (Å²) >= 11 is 6.56. The van der Waals surface area contributed by atoms with Gasteiger partial charge in [-0.25, -0.2) is 19.9 Å². The molecule has 1 atom stereocenters. The van der Waals surface area contributed by atoms with Crippen molar-refractivity contribution in [1.82, 2.24) is 35.1 Å². The predicted molar refractivity (Wildman–Crippen MR) is 149 cm³/mol. The number of hydrogen-bond donors (Lipinski definition) is 3. The summed E-state index contributed by atoms with van der Waals surface area (Å²) in [5.74, 6) is -0.926. The molecule has 1 aliphatic heterocycles. The first-order valence-corrected chi connectivity index (χ1v) is 14.0. The number of carbonyl (C=O) groups excluding carboxylic acids is 2. The zero-order chi connectivity index (χ0) is 29.6. The van der Waals surface area contributed by atoms with Gasteiger partial charge in [0.05, 0.1) is 22.8 Å². The molecule has 11 nitrogen and oxygen atoms in total. The highest BCUT2D eigenvalue weighted by atomic mass is 35.5. The number of amides is 2. The first kappa shape index (κ1) is 30.6. The predicted octanol–water partition coefficient (Wildman–Crippen LogP) is 3.79. The van der Waals surface area contributed by atoms with Crippen molar-refractivity contribution in [1.29, 1.82) is 0 Å². The SMILES string of the molecule is CC(NC(=O)c1cc(NCCCN2CCN(C)CC2)ncn1)c1ncc(C(=O)Nc2cc(C(F)(F)F)c(Cl)cn2)s1. The number of halogens is 4. The van der Waals surface area contributed by atoms with Crippen LogP contribution in [0.5, 0.6) is 0 Å². The smallest absolute Gasteiger partial charge is 0.370 e. The Morgan fingerprint density at radius 3 is 2.54 bits per heavy atom. The summed E-state index contributed by atoms with van der Waals surface area (Å²) in [6.45, 7) is 7.62. The minimum Gasteiger partial charge on any atom is -0.370 e. The summed E-state index contributed by atoms with van der Waals surface area (Å²) in [6.07, 6.45) is -0.366. The van der Waals surface area contributed by atoms with Gasteiger partial charge in [0.25, 0.3) is 11.8 Å². The molecule has 1 unspecified atom stereocenters. The van der Waals surface area contributed by atoms with Crippen molar-refractivity contribution in [3.63, 3.8) is 0 Å². The molecule has 16 heteroatoms. The second kappa shape index (κ2) is 13.5. The van der Waals surface area contributed by atoms with Gasteiger partial charge < -0.3 is 25.8 Å². The van der Waals surface area contributed by atoms with E-state index >= 15 is 0 Å². The van der Waals surface area contributed by atoms with E-state index in [1.54, 1.807) is 13.0 Å². The van der Waals surface area contributed by atoms with Gasteiger partial charge in [-0.15, -0.1) is 11.3 Å². The number of thiazole rings is 1. The topological polar surface area (TPSA) is 128 Å². The number of hydrogen-bond acceptors (Lipinski definition) is 10. The van der Waals surface area contributed by atoms with Gasteiger partial charge in [-0.05, 0) is 33.0 Å². The van der Waals surface area contributed by atoms with Crippen molar-refractivity contribution in [2.75, 3.05) is 56.9 Å². The van der Waals surface area contributed by atoms with Crippen LogP contribution in [0.2, 0.25) is 5.02 Å². The summed E-state index contributed by atoms with van der Waals surface area (Å²) < 4.78 is 39.3. The lowest BCUT2D eigenvalue weighted by Gasteiger charge is -2.32. The van der Waals surface area contributed by atoms with Crippen LogP contribution < -0.4 is 16.0 Å². The third-order valence-corrected chi connectivity index (χ3v) is 7.80. The highest BCUT2D eigenvalue weighted by Crippen LogP contribution is 2.35. The van der Waals surface area contributed by atoms with E-state index in [9.17, 15) is 22.8 Å². The molecule has 1 saturated heterocycles. The largest absolute Gasteiger partial charge is 0.418 e. The quantitative estimate of drug-likeness (QED) is 0.293. The van der Waals surface area contributed by atoms with Crippen molar-refractivity contribution in [3.05, 3.63) is 57.0 Å². The van der Waals surface area contributed by atoms with Crippen LogP contribution in [0, 0.1) is 0 Å². The highest BCUT2D eigenvalue weighted by Gasteiger charge is 2.34. The first-order valence-electron chi connectivity index (χ1n) is 12.8. The fraction of sp³-hybridized carbons (Fsp3) is 0.440. The number of anilines is 2. The van der Waals surface area contributed by atoms with Crippen molar-refractivity contribution in [3.8, 4) is 0 Å². The van der Waals surface area contributed by atoms with E-state index in [4.69, 9.17) is 11.6 Å². The Bertz CT molecular complexity index is 1370. The van der Waals surface area contributed by atoms with E-state index in [2.05, 4.69) is 52.7 Å². The van der Waals surface area contributed by atoms with Gasteiger partial charge in [0.15, 0.2) is 0 Å². The van der Waals surface area contributed by atoms with E-state index in [0.29, 0.717) is 23.4 Å². The number of piperazine rings is 1. The van der Waals surface area contributed by atoms with Crippen LogP contribution >= 0.6 is 22.9 Å². The van der Waals surface area contributed by atoms with Gasteiger partial charge >= 0.3 is 6.18 Å². The summed E-state index contributed by atoms with van der Waals surface area (Å²) in [4.78, 5) is 46.4. The normalized spacial score (nSPS) is 15.4. The Kier molecular flexibility index (Phi) is 10.1. The number of rotatable bonds is 10. The number of nitrogens with one attached hydrogen (secondary N) is 3. The molecule has 0 bridgehead atoms. The second-order valence-electron chi connectivity index (χ2n) is 9.47. The maximum Gasteiger partial charge on any atom is 0.418 e.